The van der Waals surface area contributed by atoms with Gasteiger partial charge in [-0.2, -0.15) is 0 Å². The molecule has 0 amide bonds. The summed E-state index contributed by atoms with van der Waals surface area (Å²) in [6, 6.07) is 0. The van der Waals surface area contributed by atoms with Gasteiger partial charge in [0.2, 0.25) is 0 Å². The highest BCUT2D eigenvalue weighted by Gasteiger charge is 2.11. The van der Waals surface area contributed by atoms with Gasteiger partial charge in [0.15, 0.2) is 0 Å². The quantitative estimate of drug-likeness (QED) is 0.536. The van der Waals surface area contributed by atoms with E-state index >= 15 is 0 Å². The fourth-order valence-corrected chi connectivity index (χ4v) is 1.65. The summed E-state index contributed by atoms with van der Waals surface area (Å²) in [5.41, 5.74) is 0. The first-order valence-electron chi connectivity index (χ1n) is 6.50. The number of hydrogen-bond donors (Lipinski definition) is 0. The van der Waals surface area contributed by atoms with Gasteiger partial charge in [-0.3, -0.25) is 9.59 Å². The van der Waals surface area contributed by atoms with Crippen LogP contribution in [-0.4, -0.2) is 76.2 Å². The molecule has 0 N–H and O–H groups in total. The highest BCUT2D eigenvalue weighted by molar-refractivity contribution is 5.70. The van der Waals surface area contributed by atoms with E-state index in [0.29, 0.717) is 25.9 Å². The molecule has 0 saturated carbocycles. The fraction of sp³-hybridized carbons (Fsp3) is 0.846. The zero-order chi connectivity index (χ0) is 14.7. The number of ether oxygens (including phenoxy) is 2. The number of methoxy groups -OCH3 is 2. The Morgan fingerprint density at radius 2 is 1.32 bits per heavy atom. The summed E-state index contributed by atoms with van der Waals surface area (Å²) in [6.07, 6.45) is 1.69. The molecular formula is C13H26N2O4. The SMILES string of the molecule is COC(=O)CCN(CCCN(C)C)CCC(=O)OC. The Hall–Kier alpha value is -1.14. The van der Waals surface area contributed by atoms with Crippen LogP contribution in [0, 0.1) is 0 Å². The van der Waals surface area contributed by atoms with E-state index in [2.05, 4.69) is 19.3 Å². The van der Waals surface area contributed by atoms with E-state index in [1.165, 1.54) is 14.2 Å². The predicted octanol–water partition coefficient (Wildman–Crippen LogP) is 0.366. The normalized spacial score (nSPS) is 10.8. The second-order valence-corrected chi connectivity index (χ2v) is 4.65. The van der Waals surface area contributed by atoms with Crippen LogP contribution in [0.25, 0.3) is 0 Å². The van der Waals surface area contributed by atoms with E-state index in [1.807, 2.05) is 14.1 Å². The minimum Gasteiger partial charge on any atom is -0.469 e. The van der Waals surface area contributed by atoms with Crippen molar-refractivity contribution in [2.45, 2.75) is 19.3 Å². The summed E-state index contributed by atoms with van der Waals surface area (Å²) >= 11 is 0. The second-order valence-electron chi connectivity index (χ2n) is 4.65. The lowest BCUT2D eigenvalue weighted by molar-refractivity contribution is -0.141. The molecule has 19 heavy (non-hydrogen) atoms. The van der Waals surface area contributed by atoms with Gasteiger partial charge in [0.05, 0.1) is 27.1 Å². The van der Waals surface area contributed by atoms with E-state index in [9.17, 15) is 9.59 Å². The lowest BCUT2D eigenvalue weighted by atomic mass is 10.3. The van der Waals surface area contributed by atoms with Gasteiger partial charge in [-0.15, -0.1) is 0 Å². The van der Waals surface area contributed by atoms with Crippen molar-refractivity contribution in [2.75, 3.05) is 54.5 Å². The minimum atomic E-state index is -0.226. The maximum atomic E-state index is 11.1. The first-order chi connectivity index (χ1) is 8.99. The number of nitrogens with zero attached hydrogens (tertiary/aromatic N) is 2. The Kier molecular flexibility index (Phi) is 10.1. The van der Waals surface area contributed by atoms with Gasteiger partial charge >= 0.3 is 11.9 Å². The van der Waals surface area contributed by atoms with Gasteiger partial charge < -0.3 is 19.3 Å². The Balaban J connectivity index is 4.05. The van der Waals surface area contributed by atoms with Gasteiger partial charge in [0, 0.05) is 13.1 Å². The van der Waals surface area contributed by atoms with Gasteiger partial charge in [0.25, 0.3) is 0 Å². The molecule has 0 saturated heterocycles. The Labute approximate surface area is 115 Å². The van der Waals surface area contributed by atoms with E-state index in [1.54, 1.807) is 0 Å². The minimum absolute atomic E-state index is 0.226. The van der Waals surface area contributed by atoms with Crippen molar-refractivity contribution in [1.29, 1.82) is 0 Å². The van der Waals surface area contributed by atoms with E-state index < -0.39 is 0 Å². The number of hydrogen-bond acceptors (Lipinski definition) is 6. The molecule has 6 nitrogen and oxygen atoms in total. The lowest BCUT2D eigenvalue weighted by Gasteiger charge is -2.22. The van der Waals surface area contributed by atoms with Crippen LogP contribution in [0.4, 0.5) is 0 Å². The first kappa shape index (κ1) is 17.9. The highest BCUT2D eigenvalue weighted by Crippen LogP contribution is 1.99. The third kappa shape index (κ3) is 10.5. The summed E-state index contributed by atoms with van der Waals surface area (Å²) < 4.78 is 9.25. The maximum Gasteiger partial charge on any atom is 0.306 e. The van der Waals surface area contributed by atoms with Crippen molar-refractivity contribution in [1.82, 2.24) is 9.80 Å². The topological polar surface area (TPSA) is 59.1 Å². The Morgan fingerprint density at radius 3 is 1.68 bits per heavy atom. The standard InChI is InChI=1S/C13H26N2O4/c1-14(2)8-5-9-15(10-6-12(16)18-3)11-7-13(17)19-4/h5-11H2,1-4H3. The summed E-state index contributed by atoms with van der Waals surface area (Å²) in [5.74, 6) is -0.452. The summed E-state index contributed by atoms with van der Waals surface area (Å²) in [6.45, 7) is 3.05. The Morgan fingerprint density at radius 1 is 0.842 bits per heavy atom. The molecule has 0 aliphatic carbocycles. The molecule has 0 heterocycles. The maximum absolute atomic E-state index is 11.1. The molecule has 0 aromatic rings. The molecule has 0 radical (unpaired) electrons. The molecule has 0 fully saturated rings. The van der Waals surface area contributed by atoms with Gasteiger partial charge in [-0.05, 0) is 33.6 Å². The molecule has 6 heteroatoms. The molecule has 0 unspecified atom stereocenters. The monoisotopic (exact) mass is 274 g/mol. The zero-order valence-electron chi connectivity index (χ0n) is 12.5. The molecule has 0 aromatic heterocycles. The van der Waals surface area contributed by atoms with Crippen molar-refractivity contribution in [2.24, 2.45) is 0 Å². The van der Waals surface area contributed by atoms with Crippen LogP contribution >= 0.6 is 0 Å². The van der Waals surface area contributed by atoms with Crippen LogP contribution in [-0.2, 0) is 19.1 Å². The summed E-state index contributed by atoms with van der Waals surface area (Å²) in [5, 5.41) is 0. The molecule has 0 aliphatic heterocycles. The van der Waals surface area contributed by atoms with E-state index in [0.717, 1.165) is 19.5 Å². The van der Waals surface area contributed by atoms with Gasteiger partial charge in [-0.1, -0.05) is 0 Å². The second kappa shape index (κ2) is 10.8. The van der Waals surface area contributed by atoms with Crippen molar-refractivity contribution >= 4 is 11.9 Å². The first-order valence-corrected chi connectivity index (χ1v) is 6.50. The van der Waals surface area contributed by atoms with Crippen LogP contribution in [0.3, 0.4) is 0 Å². The van der Waals surface area contributed by atoms with Crippen molar-refractivity contribution in [3.63, 3.8) is 0 Å². The molecule has 0 atom stereocenters. The van der Waals surface area contributed by atoms with Crippen LogP contribution < -0.4 is 0 Å². The van der Waals surface area contributed by atoms with Crippen LogP contribution in [0.1, 0.15) is 19.3 Å². The number of esters is 2. The van der Waals surface area contributed by atoms with Crippen LogP contribution in [0.15, 0.2) is 0 Å². The third-order valence-electron chi connectivity index (χ3n) is 2.80. The molecule has 0 rings (SSSR count). The largest absolute Gasteiger partial charge is 0.469 e. The average Bonchev–Trinajstić information content (AvgIpc) is 2.39. The number of rotatable bonds is 10. The molecule has 0 aliphatic rings. The van der Waals surface area contributed by atoms with Gasteiger partial charge in [-0.25, -0.2) is 0 Å². The fourth-order valence-electron chi connectivity index (χ4n) is 1.65. The molecule has 112 valence electrons. The van der Waals surface area contributed by atoms with Crippen molar-refractivity contribution < 1.29 is 19.1 Å². The summed E-state index contributed by atoms with van der Waals surface area (Å²) in [7, 11) is 6.81. The lowest BCUT2D eigenvalue weighted by Crippen LogP contribution is -2.32. The van der Waals surface area contributed by atoms with Crippen LogP contribution in [0.2, 0.25) is 0 Å². The number of carbonyl (C=O) groups is 2. The molecule has 0 bridgehead atoms. The summed E-state index contributed by atoms with van der Waals surface area (Å²) in [4.78, 5) is 26.5. The average molecular weight is 274 g/mol. The van der Waals surface area contributed by atoms with Crippen molar-refractivity contribution in [3.8, 4) is 0 Å². The zero-order valence-corrected chi connectivity index (χ0v) is 12.5. The molecule has 0 aromatic carbocycles. The van der Waals surface area contributed by atoms with E-state index in [4.69, 9.17) is 0 Å². The van der Waals surface area contributed by atoms with Gasteiger partial charge in [0.1, 0.15) is 0 Å². The Bertz CT molecular complexity index is 249. The molecular weight excluding hydrogens is 248 g/mol. The van der Waals surface area contributed by atoms with E-state index in [-0.39, 0.29) is 11.9 Å². The predicted molar refractivity (Wildman–Crippen MR) is 72.9 cm³/mol. The highest BCUT2D eigenvalue weighted by atomic mass is 16.5. The number of carbonyl (C=O) groups excluding carboxylic acids is 2. The third-order valence-corrected chi connectivity index (χ3v) is 2.80. The van der Waals surface area contributed by atoms with Crippen LogP contribution in [0.5, 0.6) is 0 Å². The molecule has 0 spiro atoms. The smallest absolute Gasteiger partial charge is 0.306 e. The van der Waals surface area contributed by atoms with Crippen molar-refractivity contribution in [3.05, 3.63) is 0 Å².